The number of amidine groups is 2. The van der Waals surface area contributed by atoms with E-state index in [0.717, 1.165) is 61.4 Å². The van der Waals surface area contributed by atoms with Crippen LogP contribution in [0.3, 0.4) is 0 Å². The summed E-state index contributed by atoms with van der Waals surface area (Å²) in [7, 11) is 0. The predicted octanol–water partition coefficient (Wildman–Crippen LogP) is 12.9. The fraction of sp³-hybridized carbons (Fsp3) is 0.0204. The smallest absolute Gasteiger partial charge is 0.170 e. The second-order valence-electron chi connectivity index (χ2n) is 13.7. The normalized spacial score (nSPS) is 14.5. The van der Waals surface area contributed by atoms with Crippen LogP contribution >= 0.6 is 11.3 Å². The third-order valence-electron chi connectivity index (χ3n) is 10.6. The zero-order valence-electron chi connectivity index (χ0n) is 29.0. The van der Waals surface area contributed by atoms with Gasteiger partial charge >= 0.3 is 0 Å². The Labute approximate surface area is 315 Å². The molecule has 54 heavy (non-hydrogen) atoms. The topological polar surface area (TPSA) is 49.9 Å². The van der Waals surface area contributed by atoms with E-state index in [1.165, 1.54) is 42.1 Å². The summed E-state index contributed by atoms with van der Waals surface area (Å²) >= 11 is 1.86. The number of nitrogens with one attached hydrogen (secondary N) is 1. The Hall–Kier alpha value is -6.82. The molecule has 2 aromatic heterocycles. The Kier molecular flexibility index (Phi) is 7.07. The van der Waals surface area contributed by atoms with Gasteiger partial charge in [-0.1, -0.05) is 152 Å². The fourth-order valence-corrected chi connectivity index (χ4v) is 9.22. The molecule has 1 N–H and O–H groups in total. The van der Waals surface area contributed by atoms with Crippen LogP contribution in [0.4, 0.5) is 0 Å². The standard InChI is InChI=1S/C49H31N3OS/c1-3-11-30(12-4-1)31-21-23-34(24-22-31)48-50-47(33-14-5-2-6-15-33)51-49(52-48)39-19-10-20-42-44(39)40-29-35(25-27-41(40)53-42)37-17-9-18-38-45-36-16-8-7-13-32(36)26-28-43(45)54-46(37)38/h1-29,49H,(H,50,51,52). The largest absolute Gasteiger partial charge is 0.456 e. The molecule has 0 saturated carbocycles. The van der Waals surface area contributed by atoms with Crippen LogP contribution in [-0.4, -0.2) is 11.7 Å². The van der Waals surface area contributed by atoms with Crippen LogP contribution in [0.2, 0.25) is 0 Å². The molecule has 1 atom stereocenters. The first-order chi connectivity index (χ1) is 26.7. The molecule has 0 aliphatic carbocycles. The highest BCUT2D eigenvalue weighted by Gasteiger charge is 2.24. The molecule has 0 saturated heterocycles. The van der Waals surface area contributed by atoms with Gasteiger partial charge in [0.05, 0.1) is 0 Å². The van der Waals surface area contributed by atoms with Crippen molar-refractivity contribution in [3.8, 4) is 22.3 Å². The van der Waals surface area contributed by atoms with Gasteiger partial charge in [-0.3, -0.25) is 0 Å². The minimum atomic E-state index is -0.488. The Morgan fingerprint density at radius 1 is 0.463 bits per heavy atom. The quantitative estimate of drug-likeness (QED) is 0.193. The van der Waals surface area contributed by atoms with Crippen molar-refractivity contribution in [2.75, 3.05) is 0 Å². The molecule has 0 bridgehead atoms. The van der Waals surface area contributed by atoms with Crippen LogP contribution in [-0.2, 0) is 0 Å². The van der Waals surface area contributed by atoms with Crippen LogP contribution in [0, 0.1) is 0 Å². The number of hydrogen-bond donors (Lipinski definition) is 1. The van der Waals surface area contributed by atoms with Crippen molar-refractivity contribution in [1.29, 1.82) is 0 Å². The maximum atomic E-state index is 6.53. The van der Waals surface area contributed by atoms with Gasteiger partial charge in [0.1, 0.15) is 22.8 Å². The Morgan fingerprint density at radius 2 is 1.11 bits per heavy atom. The van der Waals surface area contributed by atoms with Crippen LogP contribution in [0.15, 0.2) is 190 Å². The SMILES string of the molecule is c1ccc(C2=NC(c3cccc4oc5ccc(-c6cccc7c6sc6ccc8ccccc8c67)cc5c34)N=C(c3ccc(-c4ccccc4)cc3)N2)cc1. The highest BCUT2D eigenvalue weighted by molar-refractivity contribution is 7.26. The van der Waals surface area contributed by atoms with Gasteiger partial charge in [0.15, 0.2) is 6.17 Å². The Balaban J connectivity index is 1.06. The molecule has 0 amide bonds. The molecule has 254 valence electrons. The average molecular weight is 710 g/mol. The number of nitrogens with zero attached hydrogens (tertiary/aromatic N) is 2. The number of fused-ring (bicyclic) bond motifs is 8. The molecule has 0 fully saturated rings. The van der Waals surface area contributed by atoms with Crippen molar-refractivity contribution < 1.29 is 4.42 Å². The number of benzene rings is 8. The van der Waals surface area contributed by atoms with Gasteiger partial charge in [-0.2, -0.15) is 0 Å². The average Bonchev–Trinajstić information content (AvgIpc) is 3.83. The van der Waals surface area contributed by atoms with Crippen LogP contribution in [0.5, 0.6) is 0 Å². The highest BCUT2D eigenvalue weighted by Crippen LogP contribution is 2.44. The fourth-order valence-electron chi connectivity index (χ4n) is 7.96. The van der Waals surface area contributed by atoms with Crippen LogP contribution in [0.1, 0.15) is 22.9 Å². The third-order valence-corrected chi connectivity index (χ3v) is 11.8. The second-order valence-corrected chi connectivity index (χ2v) is 14.8. The van der Waals surface area contributed by atoms with E-state index in [1.54, 1.807) is 0 Å². The molecular formula is C49H31N3OS. The predicted molar refractivity (Wildman–Crippen MR) is 227 cm³/mol. The van der Waals surface area contributed by atoms with E-state index in [2.05, 4.69) is 145 Å². The second kappa shape index (κ2) is 12.4. The number of furan rings is 1. The van der Waals surface area contributed by atoms with Crippen LogP contribution in [0.25, 0.3) is 75.1 Å². The number of rotatable bonds is 5. The summed E-state index contributed by atoms with van der Waals surface area (Å²) in [4.78, 5) is 10.5. The molecule has 3 heterocycles. The van der Waals surface area contributed by atoms with Crippen molar-refractivity contribution in [3.05, 3.63) is 193 Å². The number of aliphatic imine (C=N–C) groups is 2. The summed E-state index contributed by atoms with van der Waals surface area (Å²) in [5.74, 6) is 1.56. The van der Waals surface area contributed by atoms with Gasteiger partial charge in [0.2, 0.25) is 0 Å². The lowest BCUT2D eigenvalue weighted by Gasteiger charge is -2.23. The maximum absolute atomic E-state index is 6.53. The first kappa shape index (κ1) is 30.8. The molecule has 1 aliphatic rings. The third kappa shape index (κ3) is 5.05. The molecule has 5 heteroatoms. The molecule has 1 aliphatic heterocycles. The van der Waals surface area contributed by atoms with Crippen molar-refractivity contribution >= 4 is 75.9 Å². The van der Waals surface area contributed by atoms with Gasteiger partial charge < -0.3 is 9.73 Å². The summed E-state index contributed by atoms with van der Waals surface area (Å²) in [6.45, 7) is 0. The lowest BCUT2D eigenvalue weighted by molar-refractivity contribution is 0.667. The summed E-state index contributed by atoms with van der Waals surface area (Å²) in [6.07, 6.45) is -0.488. The molecule has 0 spiro atoms. The van der Waals surface area contributed by atoms with Crippen molar-refractivity contribution in [2.45, 2.75) is 6.17 Å². The van der Waals surface area contributed by atoms with Gasteiger partial charge in [0.25, 0.3) is 0 Å². The van der Waals surface area contributed by atoms with Gasteiger partial charge in [-0.25, -0.2) is 9.98 Å². The van der Waals surface area contributed by atoms with E-state index >= 15 is 0 Å². The highest BCUT2D eigenvalue weighted by atomic mass is 32.1. The minimum absolute atomic E-state index is 0.488. The molecule has 1 unspecified atom stereocenters. The zero-order chi connectivity index (χ0) is 35.6. The molecule has 8 aromatic carbocycles. The van der Waals surface area contributed by atoms with E-state index < -0.39 is 6.17 Å². The Morgan fingerprint density at radius 3 is 1.93 bits per heavy atom. The maximum Gasteiger partial charge on any atom is 0.170 e. The lowest BCUT2D eigenvalue weighted by Crippen LogP contribution is -2.36. The number of hydrogen-bond acceptors (Lipinski definition) is 5. The number of thiophene rings is 1. The van der Waals surface area contributed by atoms with E-state index in [1.807, 2.05) is 47.7 Å². The van der Waals surface area contributed by atoms with Gasteiger partial charge in [-0.15, -0.1) is 11.3 Å². The first-order valence-electron chi connectivity index (χ1n) is 18.2. The summed E-state index contributed by atoms with van der Waals surface area (Å²) in [5.41, 5.74) is 9.40. The van der Waals surface area contributed by atoms with Crippen molar-refractivity contribution in [2.24, 2.45) is 9.98 Å². The first-order valence-corrected chi connectivity index (χ1v) is 19.0. The molecule has 0 radical (unpaired) electrons. The van der Waals surface area contributed by atoms with Crippen molar-refractivity contribution in [1.82, 2.24) is 5.32 Å². The zero-order valence-corrected chi connectivity index (χ0v) is 29.8. The Bertz CT molecular complexity index is 3120. The monoisotopic (exact) mass is 709 g/mol. The van der Waals surface area contributed by atoms with E-state index in [0.29, 0.717) is 0 Å². The molecule has 4 nitrogen and oxygen atoms in total. The van der Waals surface area contributed by atoms with Gasteiger partial charge in [-0.05, 0) is 57.3 Å². The summed E-state index contributed by atoms with van der Waals surface area (Å²) in [5, 5.41) is 10.8. The van der Waals surface area contributed by atoms with E-state index in [9.17, 15) is 0 Å². The molecule has 11 rings (SSSR count). The van der Waals surface area contributed by atoms with E-state index in [4.69, 9.17) is 14.4 Å². The summed E-state index contributed by atoms with van der Waals surface area (Å²) < 4.78 is 9.12. The van der Waals surface area contributed by atoms with Crippen LogP contribution < -0.4 is 5.32 Å². The minimum Gasteiger partial charge on any atom is -0.456 e. The lowest BCUT2D eigenvalue weighted by atomic mass is 9.97. The molecule has 10 aromatic rings. The van der Waals surface area contributed by atoms with E-state index in [-0.39, 0.29) is 0 Å². The summed E-state index contributed by atoms with van der Waals surface area (Å²) in [6, 6.07) is 62.0. The molecular weight excluding hydrogens is 679 g/mol. The van der Waals surface area contributed by atoms with Crippen molar-refractivity contribution in [3.63, 3.8) is 0 Å². The van der Waals surface area contributed by atoms with Gasteiger partial charge in [0, 0.05) is 47.6 Å².